The zero-order valence-corrected chi connectivity index (χ0v) is 21.9. The van der Waals surface area contributed by atoms with Gasteiger partial charge in [-0.3, -0.25) is 9.59 Å². The van der Waals surface area contributed by atoms with Crippen LogP contribution in [0.15, 0.2) is 35.3 Å². The van der Waals surface area contributed by atoms with Crippen LogP contribution in [0.25, 0.3) is 22.4 Å². The van der Waals surface area contributed by atoms with Crippen LogP contribution in [0.1, 0.15) is 50.7 Å². The normalized spacial score (nSPS) is 16.5. The molecule has 194 valence electrons. The Morgan fingerprint density at radius 2 is 2.00 bits per heavy atom. The number of aliphatic hydroxyl groups excluding tert-OH is 1. The standard InChI is InChI=1S/C28H37N3O5/c1-17-13-21(16-30(4)27(17)33)26-29-24-14-20(10-12-25(24)31(26)15-18(2)35-5)9-11-23(19(3)32)28(34)36-22-7-6-8-22/h10,12-14,16,18-19,22-23,32H,6-9,11,15H2,1-5H3/t18?,19-,23+/m1/s1. The number of hydrogen-bond acceptors (Lipinski definition) is 6. The fraction of sp³-hybridized carbons (Fsp3) is 0.536. The number of aromatic nitrogens is 3. The number of hydrogen-bond donors (Lipinski definition) is 1. The van der Waals surface area contributed by atoms with Crippen LogP contribution in [-0.2, 0) is 34.3 Å². The summed E-state index contributed by atoms with van der Waals surface area (Å²) >= 11 is 0. The van der Waals surface area contributed by atoms with Gasteiger partial charge >= 0.3 is 5.97 Å². The molecule has 2 aromatic heterocycles. The molecule has 0 aliphatic heterocycles. The molecule has 0 radical (unpaired) electrons. The lowest BCUT2D eigenvalue weighted by atomic mass is 9.93. The van der Waals surface area contributed by atoms with E-state index in [4.69, 9.17) is 14.5 Å². The van der Waals surface area contributed by atoms with E-state index >= 15 is 0 Å². The van der Waals surface area contributed by atoms with Crippen LogP contribution in [0, 0.1) is 12.8 Å². The van der Waals surface area contributed by atoms with Gasteiger partial charge in [-0.05, 0) is 76.6 Å². The van der Waals surface area contributed by atoms with E-state index in [9.17, 15) is 14.7 Å². The molecule has 1 N–H and O–H groups in total. The summed E-state index contributed by atoms with van der Waals surface area (Å²) in [7, 11) is 3.43. The van der Waals surface area contributed by atoms with Crippen LogP contribution < -0.4 is 5.56 Å². The Morgan fingerprint density at radius 1 is 1.25 bits per heavy atom. The van der Waals surface area contributed by atoms with Crippen molar-refractivity contribution in [2.45, 2.75) is 77.7 Å². The van der Waals surface area contributed by atoms with Crippen LogP contribution in [-0.4, -0.2) is 50.6 Å². The highest BCUT2D eigenvalue weighted by molar-refractivity contribution is 5.81. The number of ether oxygens (including phenoxy) is 2. The van der Waals surface area contributed by atoms with Crippen molar-refractivity contribution in [3.63, 3.8) is 0 Å². The van der Waals surface area contributed by atoms with Crippen molar-refractivity contribution in [1.82, 2.24) is 14.1 Å². The number of imidazole rings is 1. The third-order valence-corrected chi connectivity index (χ3v) is 7.24. The van der Waals surface area contributed by atoms with Gasteiger partial charge in [0.05, 0.1) is 35.7 Å². The first-order chi connectivity index (χ1) is 17.2. The summed E-state index contributed by atoms with van der Waals surface area (Å²) in [6.45, 7) is 6.08. The molecule has 1 unspecified atom stereocenters. The van der Waals surface area contributed by atoms with Gasteiger partial charge in [0, 0.05) is 31.5 Å². The van der Waals surface area contributed by atoms with Crippen molar-refractivity contribution in [2.24, 2.45) is 13.0 Å². The second-order valence-electron chi connectivity index (χ2n) is 10.1. The highest BCUT2D eigenvalue weighted by atomic mass is 16.5. The van der Waals surface area contributed by atoms with Crippen LogP contribution >= 0.6 is 0 Å². The molecule has 1 aliphatic carbocycles. The Hall–Kier alpha value is -2.97. The number of methoxy groups -OCH3 is 1. The Morgan fingerprint density at radius 3 is 2.61 bits per heavy atom. The van der Waals surface area contributed by atoms with E-state index in [-0.39, 0.29) is 23.7 Å². The van der Waals surface area contributed by atoms with Gasteiger partial charge < -0.3 is 23.7 Å². The van der Waals surface area contributed by atoms with Gasteiger partial charge in [0.2, 0.25) is 0 Å². The maximum atomic E-state index is 12.6. The number of nitrogens with zero attached hydrogens (tertiary/aromatic N) is 3. The SMILES string of the molecule is COC(C)Cn1c(-c2cc(C)c(=O)n(C)c2)nc2cc(CC[C@H](C(=O)OC3CCC3)[C@@H](C)O)ccc21. The molecule has 1 aliphatic rings. The lowest BCUT2D eigenvalue weighted by Crippen LogP contribution is -2.33. The number of carbonyl (C=O) groups is 1. The smallest absolute Gasteiger partial charge is 0.311 e. The Kier molecular flexibility index (Phi) is 7.95. The predicted molar refractivity (Wildman–Crippen MR) is 139 cm³/mol. The molecule has 4 rings (SSSR count). The number of pyridine rings is 1. The second-order valence-corrected chi connectivity index (χ2v) is 10.1. The monoisotopic (exact) mass is 495 g/mol. The van der Waals surface area contributed by atoms with Crippen molar-refractivity contribution in [3.8, 4) is 11.4 Å². The summed E-state index contributed by atoms with van der Waals surface area (Å²) in [6, 6.07) is 8.00. The Labute approximate surface area is 211 Å². The Balaban J connectivity index is 1.63. The van der Waals surface area contributed by atoms with Gasteiger partial charge in [-0.15, -0.1) is 0 Å². The van der Waals surface area contributed by atoms with E-state index in [1.54, 1.807) is 25.6 Å². The number of aliphatic hydroxyl groups is 1. The molecular weight excluding hydrogens is 458 g/mol. The van der Waals surface area contributed by atoms with Crippen molar-refractivity contribution >= 4 is 17.0 Å². The van der Waals surface area contributed by atoms with Gasteiger partial charge in [0.25, 0.3) is 5.56 Å². The van der Waals surface area contributed by atoms with Crippen molar-refractivity contribution in [1.29, 1.82) is 0 Å². The first kappa shape index (κ1) is 26.1. The topological polar surface area (TPSA) is 95.6 Å². The lowest BCUT2D eigenvalue weighted by Gasteiger charge is -2.28. The first-order valence-corrected chi connectivity index (χ1v) is 12.8. The molecule has 0 spiro atoms. The fourth-order valence-electron chi connectivity index (χ4n) is 4.69. The van der Waals surface area contributed by atoms with Gasteiger partial charge in [-0.2, -0.15) is 0 Å². The van der Waals surface area contributed by atoms with E-state index in [0.717, 1.165) is 47.2 Å². The van der Waals surface area contributed by atoms with Crippen LogP contribution in [0.2, 0.25) is 0 Å². The van der Waals surface area contributed by atoms with E-state index in [0.29, 0.717) is 24.9 Å². The zero-order valence-electron chi connectivity index (χ0n) is 21.9. The third-order valence-electron chi connectivity index (χ3n) is 7.24. The number of carbonyl (C=O) groups excluding carboxylic acids is 1. The molecule has 1 fully saturated rings. The Bertz CT molecular complexity index is 1260. The second kappa shape index (κ2) is 11.0. The molecule has 2 heterocycles. The first-order valence-electron chi connectivity index (χ1n) is 12.8. The molecule has 0 bridgehead atoms. The van der Waals surface area contributed by atoms with Gasteiger partial charge in [-0.1, -0.05) is 6.07 Å². The molecule has 3 aromatic rings. The minimum absolute atomic E-state index is 0.00750. The maximum absolute atomic E-state index is 12.6. The largest absolute Gasteiger partial charge is 0.462 e. The van der Waals surface area contributed by atoms with E-state index in [1.807, 2.05) is 44.3 Å². The summed E-state index contributed by atoms with van der Waals surface area (Å²) in [5.74, 6) is -0.0813. The summed E-state index contributed by atoms with van der Waals surface area (Å²) < 4.78 is 14.8. The zero-order chi connectivity index (χ0) is 26.0. The van der Waals surface area contributed by atoms with Gasteiger partial charge in [0.15, 0.2) is 0 Å². The molecule has 1 aromatic carbocycles. The summed E-state index contributed by atoms with van der Waals surface area (Å²) in [5.41, 5.74) is 4.34. The number of benzene rings is 1. The van der Waals surface area contributed by atoms with Crippen molar-refractivity contribution in [2.75, 3.05) is 7.11 Å². The van der Waals surface area contributed by atoms with E-state index in [2.05, 4.69) is 4.57 Å². The molecule has 8 nitrogen and oxygen atoms in total. The number of rotatable bonds is 10. The van der Waals surface area contributed by atoms with Crippen LogP contribution in [0.3, 0.4) is 0 Å². The summed E-state index contributed by atoms with van der Waals surface area (Å²) in [6.07, 6.45) is 5.07. The third kappa shape index (κ3) is 5.55. The minimum Gasteiger partial charge on any atom is -0.462 e. The van der Waals surface area contributed by atoms with E-state index < -0.39 is 12.0 Å². The van der Waals surface area contributed by atoms with Gasteiger partial charge in [0.1, 0.15) is 11.9 Å². The van der Waals surface area contributed by atoms with Crippen LogP contribution in [0.5, 0.6) is 0 Å². The maximum Gasteiger partial charge on any atom is 0.311 e. The average molecular weight is 496 g/mol. The number of esters is 1. The molecule has 8 heteroatoms. The lowest BCUT2D eigenvalue weighted by molar-refractivity contribution is -0.161. The fourth-order valence-corrected chi connectivity index (χ4v) is 4.69. The highest BCUT2D eigenvalue weighted by Gasteiger charge is 2.30. The highest BCUT2D eigenvalue weighted by Crippen LogP contribution is 2.28. The van der Waals surface area contributed by atoms with Crippen molar-refractivity contribution < 1.29 is 19.4 Å². The molecule has 36 heavy (non-hydrogen) atoms. The summed E-state index contributed by atoms with van der Waals surface area (Å²) in [5, 5.41) is 10.2. The predicted octanol–water partition coefficient (Wildman–Crippen LogP) is 3.77. The minimum atomic E-state index is -0.768. The molecular formula is C28H37N3O5. The van der Waals surface area contributed by atoms with Gasteiger partial charge in [-0.25, -0.2) is 4.98 Å². The quantitative estimate of drug-likeness (QED) is 0.430. The molecule has 0 amide bonds. The van der Waals surface area contributed by atoms with Crippen LogP contribution in [0.4, 0.5) is 0 Å². The average Bonchev–Trinajstić information content (AvgIpc) is 3.16. The summed E-state index contributed by atoms with van der Waals surface area (Å²) in [4.78, 5) is 29.8. The number of aryl methyl sites for hydroxylation is 3. The molecule has 0 saturated heterocycles. The van der Waals surface area contributed by atoms with Crippen molar-refractivity contribution in [3.05, 3.63) is 51.9 Å². The molecule has 3 atom stereocenters. The number of fused-ring (bicyclic) bond motifs is 1. The van der Waals surface area contributed by atoms with E-state index in [1.165, 1.54) is 0 Å². The molecule has 1 saturated carbocycles.